The first-order valence-electron chi connectivity index (χ1n) is 7.41. The Balaban J connectivity index is 1.86. The van der Waals surface area contributed by atoms with Crippen LogP contribution in [0.4, 0.5) is 5.69 Å². The molecule has 6 nitrogen and oxygen atoms in total. The number of amides is 1. The van der Waals surface area contributed by atoms with Gasteiger partial charge in [-0.1, -0.05) is 17.7 Å². The number of nitro groups is 1. The number of nitrogens with one attached hydrogen (secondary N) is 1. The standard InChI is InChI=1S/C17H15ClN2O4/c1-24-16-7-4-12(20(22)23)9-14(16)17(21)19-15-6-2-10-8-11(18)3-5-13(10)15/h3-5,7-9,15H,2,6H2,1H3,(H,19,21)/t15-/m1/s1. The van der Waals surface area contributed by atoms with E-state index in [1.54, 1.807) is 6.07 Å². The summed E-state index contributed by atoms with van der Waals surface area (Å²) in [6.07, 6.45) is 1.59. The van der Waals surface area contributed by atoms with Crippen LogP contribution in [0.1, 0.15) is 33.9 Å². The Kier molecular flexibility index (Phi) is 4.40. The van der Waals surface area contributed by atoms with E-state index >= 15 is 0 Å². The summed E-state index contributed by atoms with van der Waals surface area (Å²) in [5.74, 6) is -0.101. The lowest BCUT2D eigenvalue weighted by Crippen LogP contribution is -2.27. The summed E-state index contributed by atoms with van der Waals surface area (Å²) < 4.78 is 5.15. The van der Waals surface area contributed by atoms with Gasteiger partial charge in [-0.3, -0.25) is 14.9 Å². The number of nitro benzene ring substituents is 1. The van der Waals surface area contributed by atoms with Crippen LogP contribution in [0.2, 0.25) is 5.02 Å². The number of ether oxygens (including phenoxy) is 1. The maximum Gasteiger partial charge on any atom is 0.270 e. The van der Waals surface area contributed by atoms with Crippen LogP contribution >= 0.6 is 11.6 Å². The van der Waals surface area contributed by atoms with Gasteiger partial charge in [-0.25, -0.2) is 0 Å². The van der Waals surface area contributed by atoms with E-state index in [2.05, 4.69) is 5.32 Å². The van der Waals surface area contributed by atoms with Crippen molar-refractivity contribution in [2.75, 3.05) is 7.11 Å². The molecule has 2 aromatic rings. The number of carbonyl (C=O) groups excluding carboxylic acids is 1. The molecule has 1 atom stereocenters. The van der Waals surface area contributed by atoms with Gasteiger partial charge in [0.25, 0.3) is 11.6 Å². The number of non-ortho nitro benzene ring substituents is 1. The van der Waals surface area contributed by atoms with Crippen molar-refractivity contribution in [3.05, 3.63) is 68.2 Å². The second-order valence-electron chi connectivity index (χ2n) is 5.55. The number of rotatable bonds is 4. The highest BCUT2D eigenvalue weighted by Crippen LogP contribution is 2.33. The number of benzene rings is 2. The van der Waals surface area contributed by atoms with E-state index in [9.17, 15) is 14.9 Å². The fourth-order valence-electron chi connectivity index (χ4n) is 2.96. The molecule has 124 valence electrons. The average molecular weight is 347 g/mol. The van der Waals surface area contributed by atoms with E-state index in [0.29, 0.717) is 10.8 Å². The molecule has 0 unspecified atom stereocenters. The van der Waals surface area contributed by atoms with Crippen LogP contribution < -0.4 is 10.1 Å². The quantitative estimate of drug-likeness (QED) is 0.676. The van der Waals surface area contributed by atoms with Gasteiger partial charge < -0.3 is 10.1 Å². The molecule has 7 heteroatoms. The third-order valence-corrected chi connectivity index (χ3v) is 4.36. The van der Waals surface area contributed by atoms with E-state index < -0.39 is 10.8 Å². The summed E-state index contributed by atoms with van der Waals surface area (Å²) in [6.45, 7) is 0. The van der Waals surface area contributed by atoms with Crippen LogP contribution in [-0.2, 0) is 6.42 Å². The monoisotopic (exact) mass is 346 g/mol. The largest absolute Gasteiger partial charge is 0.496 e. The first kappa shape index (κ1) is 16.3. The molecule has 0 aliphatic heterocycles. The SMILES string of the molecule is COc1ccc([N+](=O)[O-])cc1C(=O)N[C@@H]1CCc2cc(Cl)ccc21. The second-order valence-corrected chi connectivity index (χ2v) is 5.99. The van der Waals surface area contributed by atoms with Crippen molar-refractivity contribution in [2.24, 2.45) is 0 Å². The minimum atomic E-state index is -0.539. The van der Waals surface area contributed by atoms with Gasteiger partial charge in [-0.05, 0) is 42.2 Å². The third kappa shape index (κ3) is 3.05. The van der Waals surface area contributed by atoms with E-state index in [1.165, 1.54) is 25.3 Å². The second kappa shape index (κ2) is 6.49. The summed E-state index contributed by atoms with van der Waals surface area (Å²) in [5.41, 5.74) is 2.13. The lowest BCUT2D eigenvalue weighted by Gasteiger charge is -2.15. The number of carbonyl (C=O) groups is 1. The maximum absolute atomic E-state index is 12.6. The average Bonchev–Trinajstić information content (AvgIpc) is 2.95. The van der Waals surface area contributed by atoms with Crippen molar-refractivity contribution in [1.29, 1.82) is 0 Å². The molecule has 0 saturated heterocycles. The number of nitrogens with zero attached hydrogens (tertiary/aromatic N) is 1. The molecule has 0 radical (unpaired) electrons. The summed E-state index contributed by atoms with van der Waals surface area (Å²) in [5, 5.41) is 14.5. The number of halogens is 1. The van der Waals surface area contributed by atoms with Gasteiger partial charge in [-0.2, -0.15) is 0 Å². The molecule has 1 N–H and O–H groups in total. The number of hydrogen-bond acceptors (Lipinski definition) is 4. The molecule has 0 saturated carbocycles. The molecule has 1 amide bonds. The Hall–Kier alpha value is -2.60. The lowest BCUT2D eigenvalue weighted by atomic mass is 10.1. The molecule has 1 aliphatic rings. The van der Waals surface area contributed by atoms with E-state index in [4.69, 9.17) is 16.3 Å². The van der Waals surface area contributed by atoms with Crippen molar-refractivity contribution in [3.8, 4) is 5.75 Å². The van der Waals surface area contributed by atoms with Gasteiger partial charge in [0.2, 0.25) is 0 Å². The topological polar surface area (TPSA) is 81.5 Å². The van der Waals surface area contributed by atoms with Crippen molar-refractivity contribution < 1.29 is 14.5 Å². The predicted molar refractivity (Wildman–Crippen MR) is 89.6 cm³/mol. The lowest BCUT2D eigenvalue weighted by molar-refractivity contribution is -0.384. The first-order chi connectivity index (χ1) is 11.5. The molecule has 0 bridgehead atoms. The smallest absolute Gasteiger partial charge is 0.270 e. The van der Waals surface area contributed by atoms with Crippen molar-refractivity contribution >= 4 is 23.2 Å². The van der Waals surface area contributed by atoms with Crippen LogP contribution in [-0.4, -0.2) is 17.9 Å². The Bertz CT molecular complexity index is 822. The van der Waals surface area contributed by atoms with Gasteiger partial charge >= 0.3 is 0 Å². The Morgan fingerprint density at radius 2 is 2.12 bits per heavy atom. The van der Waals surface area contributed by atoms with Gasteiger partial charge in [0.15, 0.2) is 0 Å². The van der Waals surface area contributed by atoms with Crippen LogP contribution in [0.3, 0.4) is 0 Å². The zero-order valence-electron chi connectivity index (χ0n) is 12.9. The van der Waals surface area contributed by atoms with Crippen molar-refractivity contribution in [3.63, 3.8) is 0 Å². The molecule has 0 spiro atoms. The molecular formula is C17H15ClN2O4. The molecule has 0 fully saturated rings. The molecule has 3 rings (SSSR count). The number of methoxy groups -OCH3 is 1. The summed E-state index contributed by atoms with van der Waals surface area (Å²) in [7, 11) is 1.42. The maximum atomic E-state index is 12.6. The van der Waals surface area contributed by atoms with E-state index in [0.717, 1.165) is 24.0 Å². The Labute approximate surface area is 143 Å². The number of hydrogen-bond donors (Lipinski definition) is 1. The highest BCUT2D eigenvalue weighted by Gasteiger charge is 2.26. The highest BCUT2D eigenvalue weighted by molar-refractivity contribution is 6.30. The summed E-state index contributed by atoms with van der Waals surface area (Å²) in [6, 6.07) is 9.41. The minimum Gasteiger partial charge on any atom is -0.496 e. The van der Waals surface area contributed by atoms with Crippen LogP contribution in [0, 0.1) is 10.1 Å². The number of aryl methyl sites for hydroxylation is 1. The molecule has 0 aromatic heterocycles. The van der Waals surface area contributed by atoms with Gasteiger partial charge in [0.1, 0.15) is 5.75 Å². The van der Waals surface area contributed by atoms with E-state index in [-0.39, 0.29) is 17.3 Å². The molecule has 2 aromatic carbocycles. The van der Waals surface area contributed by atoms with Gasteiger partial charge in [0.05, 0.1) is 23.6 Å². The normalized spacial score (nSPS) is 15.7. The molecule has 1 aliphatic carbocycles. The fraction of sp³-hybridized carbons (Fsp3) is 0.235. The highest BCUT2D eigenvalue weighted by atomic mass is 35.5. The van der Waals surface area contributed by atoms with Crippen LogP contribution in [0.25, 0.3) is 0 Å². The predicted octanol–water partition coefficient (Wildman–Crippen LogP) is 3.67. The fourth-order valence-corrected chi connectivity index (χ4v) is 3.15. The van der Waals surface area contributed by atoms with E-state index in [1.807, 2.05) is 12.1 Å². The zero-order valence-corrected chi connectivity index (χ0v) is 13.7. The number of fused-ring (bicyclic) bond motifs is 1. The zero-order chi connectivity index (χ0) is 17.3. The van der Waals surface area contributed by atoms with Crippen LogP contribution in [0.15, 0.2) is 36.4 Å². The van der Waals surface area contributed by atoms with Crippen LogP contribution in [0.5, 0.6) is 5.75 Å². The Morgan fingerprint density at radius 3 is 2.83 bits per heavy atom. The summed E-state index contributed by atoms with van der Waals surface area (Å²) >= 11 is 5.99. The van der Waals surface area contributed by atoms with Crippen molar-refractivity contribution in [1.82, 2.24) is 5.32 Å². The van der Waals surface area contributed by atoms with Gasteiger partial charge in [0, 0.05) is 17.2 Å². The summed E-state index contributed by atoms with van der Waals surface area (Å²) in [4.78, 5) is 23.0. The Morgan fingerprint density at radius 1 is 1.33 bits per heavy atom. The van der Waals surface area contributed by atoms with Crippen molar-refractivity contribution in [2.45, 2.75) is 18.9 Å². The molecular weight excluding hydrogens is 332 g/mol. The molecule has 0 heterocycles. The molecule has 24 heavy (non-hydrogen) atoms. The minimum absolute atomic E-state index is 0.145. The first-order valence-corrected chi connectivity index (χ1v) is 7.79. The third-order valence-electron chi connectivity index (χ3n) is 4.13. The van der Waals surface area contributed by atoms with Gasteiger partial charge in [-0.15, -0.1) is 0 Å².